The van der Waals surface area contributed by atoms with E-state index in [1.807, 2.05) is 30.7 Å². The van der Waals surface area contributed by atoms with Gasteiger partial charge in [-0.15, -0.1) is 0 Å². The van der Waals surface area contributed by atoms with Crippen LogP contribution in [0.25, 0.3) is 10.9 Å². The summed E-state index contributed by atoms with van der Waals surface area (Å²) in [5.41, 5.74) is 2.61. The second-order valence-electron chi connectivity index (χ2n) is 7.81. The second-order valence-corrected chi connectivity index (χ2v) is 7.81. The number of hydrogen-bond donors (Lipinski definition) is 1. The molecule has 1 aromatic heterocycles. The molecule has 2 heterocycles. The molecular formula is C22H31N3O4. The van der Waals surface area contributed by atoms with Gasteiger partial charge < -0.3 is 19.4 Å². The Hall–Kier alpha value is -2.54. The Kier molecular flexibility index (Phi) is 6.47. The van der Waals surface area contributed by atoms with Crippen molar-refractivity contribution >= 4 is 28.5 Å². The van der Waals surface area contributed by atoms with Crippen molar-refractivity contribution in [2.24, 2.45) is 13.0 Å². The minimum absolute atomic E-state index is 0.110. The lowest BCUT2D eigenvalue weighted by Crippen LogP contribution is -2.39. The first kappa shape index (κ1) is 21.2. The number of aromatic nitrogens is 1. The van der Waals surface area contributed by atoms with Crippen LogP contribution in [0.1, 0.15) is 42.7 Å². The molecule has 3 rings (SSSR count). The quantitative estimate of drug-likeness (QED) is 0.752. The van der Waals surface area contributed by atoms with Crippen LogP contribution in [-0.2, 0) is 16.6 Å². The van der Waals surface area contributed by atoms with Crippen LogP contribution in [0.4, 0.5) is 5.69 Å². The zero-order valence-electron chi connectivity index (χ0n) is 18.0. The normalized spacial score (nSPS) is 17.3. The Morgan fingerprint density at radius 1 is 1.31 bits per heavy atom. The largest absolute Gasteiger partial charge is 0.495 e. The summed E-state index contributed by atoms with van der Waals surface area (Å²) < 4.78 is 12.7. The molecule has 7 heteroatoms. The first-order chi connectivity index (χ1) is 13.9. The summed E-state index contributed by atoms with van der Waals surface area (Å²) in [5.74, 6) is 0.612. The van der Waals surface area contributed by atoms with Gasteiger partial charge in [0.15, 0.2) is 0 Å². The van der Waals surface area contributed by atoms with E-state index in [4.69, 9.17) is 9.47 Å². The Morgan fingerprint density at radius 3 is 2.72 bits per heavy atom. The van der Waals surface area contributed by atoms with Gasteiger partial charge >= 0.3 is 5.97 Å². The molecule has 1 aliphatic heterocycles. The molecule has 7 nitrogen and oxygen atoms in total. The molecule has 1 fully saturated rings. The van der Waals surface area contributed by atoms with Crippen molar-refractivity contribution in [1.29, 1.82) is 0 Å². The van der Waals surface area contributed by atoms with Gasteiger partial charge in [0, 0.05) is 24.7 Å². The van der Waals surface area contributed by atoms with E-state index in [9.17, 15) is 9.59 Å². The van der Waals surface area contributed by atoms with Gasteiger partial charge in [-0.2, -0.15) is 0 Å². The smallest absolute Gasteiger partial charge is 0.340 e. The average Bonchev–Trinajstić information content (AvgIpc) is 2.93. The number of carbonyl (C=O) groups is 2. The van der Waals surface area contributed by atoms with E-state index in [0.717, 1.165) is 30.7 Å². The predicted octanol–water partition coefficient (Wildman–Crippen LogP) is 3.34. The van der Waals surface area contributed by atoms with Crippen molar-refractivity contribution in [3.63, 3.8) is 0 Å². The molecule has 0 aliphatic carbocycles. The van der Waals surface area contributed by atoms with Gasteiger partial charge in [0.2, 0.25) is 5.91 Å². The first-order valence-electron chi connectivity index (χ1n) is 10.2. The maximum absolute atomic E-state index is 12.9. The Bertz CT molecular complexity index is 919. The molecule has 29 heavy (non-hydrogen) atoms. The Labute approximate surface area is 171 Å². The summed E-state index contributed by atoms with van der Waals surface area (Å²) in [6.45, 7) is 8.33. The molecular weight excluding hydrogens is 370 g/mol. The second kappa shape index (κ2) is 8.86. The lowest BCUT2D eigenvalue weighted by molar-refractivity contribution is -0.117. The number of benzene rings is 1. The number of rotatable bonds is 6. The van der Waals surface area contributed by atoms with E-state index in [-0.39, 0.29) is 12.5 Å². The maximum atomic E-state index is 12.9. The third kappa shape index (κ3) is 4.24. The molecule has 2 aromatic rings. The van der Waals surface area contributed by atoms with Crippen LogP contribution in [0.3, 0.4) is 0 Å². The molecule has 0 unspecified atom stereocenters. The van der Waals surface area contributed by atoms with Gasteiger partial charge in [-0.3, -0.25) is 9.69 Å². The zero-order valence-corrected chi connectivity index (χ0v) is 18.0. The molecule has 1 atom stereocenters. The lowest BCUT2D eigenvalue weighted by atomic mass is 10.0. The van der Waals surface area contributed by atoms with Gasteiger partial charge in [0.25, 0.3) is 0 Å². The Morgan fingerprint density at radius 2 is 2.07 bits per heavy atom. The van der Waals surface area contributed by atoms with E-state index in [0.29, 0.717) is 34.8 Å². The number of methoxy groups -OCH3 is 1. The number of ether oxygens (including phenoxy) is 2. The van der Waals surface area contributed by atoms with Gasteiger partial charge in [-0.1, -0.05) is 6.92 Å². The average molecular weight is 402 g/mol. The highest BCUT2D eigenvalue weighted by molar-refractivity contribution is 6.14. The molecule has 1 amide bonds. The fraction of sp³-hybridized carbons (Fsp3) is 0.545. The first-order valence-corrected chi connectivity index (χ1v) is 10.2. The molecule has 1 N–H and O–H groups in total. The summed E-state index contributed by atoms with van der Waals surface area (Å²) in [6.07, 6.45) is 2.32. The minimum atomic E-state index is -0.399. The summed E-state index contributed by atoms with van der Waals surface area (Å²) in [7, 11) is 3.45. The highest BCUT2D eigenvalue weighted by atomic mass is 16.5. The van der Waals surface area contributed by atoms with Gasteiger partial charge in [-0.25, -0.2) is 4.79 Å². The number of anilines is 1. The number of likely N-dealkylation sites (tertiary alicyclic amines) is 1. The maximum Gasteiger partial charge on any atom is 0.340 e. The molecule has 1 aliphatic rings. The lowest BCUT2D eigenvalue weighted by Gasteiger charge is -2.30. The number of nitrogens with one attached hydrogen (secondary N) is 1. The summed E-state index contributed by atoms with van der Waals surface area (Å²) in [6, 6.07) is 3.71. The van der Waals surface area contributed by atoms with Crippen molar-refractivity contribution in [1.82, 2.24) is 9.47 Å². The molecule has 1 aromatic carbocycles. The minimum Gasteiger partial charge on any atom is -0.495 e. The van der Waals surface area contributed by atoms with E-state index < -0.39 is 5.97 Å². The summed E-state index contributed by atoms with van der Waals surface area (Å²) in [4.78, 5) is 27.7. The van der Waals surface area contributed by atoms with Crippen LogP contribution in [0, 0.1) is 12.8 Å². The molecule has 0 saturated carbocycles. The molecule has 0 radical (unpaired) electrons. The van der Waals surface area contributed by atoms with Crippen molar-refractivity contribution < 1.29 is 19.1 Å². The molecule has 0 bridgehead atoms. The van der Waals surface area contributed by atoms with Crippen LogP contribution in [0.2, 0.25) is 0 Å². The fourth-order valence-corrected chi connectivity index (χ4v) is 4.19. The van der Waals surface area contributed by atoms with Gasteiger partial charge in [0.1, 0.15) is 5.75 Å². The number of carbonyl (C=O) groups excluding carboxylic acids is 2. The van der Waals surface area contributed by atoms with Crippen molar-refractivity contribution in [2.75, 3.05) is 38.7 Å². The third-order valence-corrected chi connectivity index (χ3v) is 5.69. The SMILES string of the molecule is CCOC(=O)c1c(C)n(C)c2ccc(OC)c(NC(=O)CN3CCC[C@H](C)C3)c12. The standard InChI is InChI=1S/C22H31N3O4/c1-6-29-22(27)19-15(3)24(4)16-9-10-17(28-5)21(20(16)19)23-18(26)13-25-11-7-8-14(2)12-25/h9-10,14H,6-8,11-13H2,1-5H3,(H,23,26)/t14-/m0/s1. The van der Waals surface area contributed by atoms with Crippen LogP contribution in [-0.4, -0.2) is 54.7 Å². The highest BCUT2D eigenvalue weighted by Crippen LogP contribution is 2.38. The van der Waals surface area contributed by atoms with Crippen molar-refractivity contribution in [2.45, 2.75) is 33.6 Å². The van der Waals surface area contributed by atoms with Gasteiger partial charge in [-0.05, 0) is 51.3 Å². The zero-order chi connectivity index (χ0) is 21.1. The number of piperidine rings is 1. The van der Waals surface area contributed by atoms with Crippen LogP contribution < -0.4 is 10.1 Å². The number of fused-ring (bicyclic) bond motifs is 1. The third-order valence-electron chi connectivity index (χ3n) is 5.69. The number of hydrogen-bond acceptors (Lipinski definition) is 5. The molecule has 1 saturated heterocycles. The summed E-state index contributed by atoms with van der Waals surface area (Å²) in [5, 5.41) is 3.67. The number of amides is 1. The molecule has 158 valence electrons. The van der Waals surface area contributed by atoms with E-state index in [2.05, 4.69) is 17.1 Å². The number of aryl methyl sites for hydroxylation is 1. The van der Waals surface area contributed by atoms with Crippen molar-refractivity contribution in [3.05, 3.63) is 23.4 Å². The number of nitrogens with zero attached hydrogens (tertiary/aromatic N) is 2. The number of esters is 1. The van der Waals surface area contributed by atoms with E-state index in [1.54, 1.807) is 14.0 Å². The van der Waals surface area contributed by atoms with Gasteiger partial charge in [0.05, 0.1) is 37.0 Å². The predicted molar refractivity (Wildman–Crippen MR) is 114 cm³/mol. The monoisotopic (exact) mass is 401 g/mol. The molecule has 0 spiro atoms. The van der Waals surface area contributed by atoms with E-state index >= 15 is 0 Å². The van der Waals surface area contributed by atoms with Crippen LogP contribution >= 0.6 is 0 Å². The van der Waals surface area contributed by atoms with Crippen molar-refractivity contribution in [3.8, 4) is 5.75 Å². The fourth-order valence-electron chi connectivity index (χ4n) is 4.19. The topological polar surface area (TPSA) is 72.8 Å². The van der Waals surface area contributed by atoms with Crippen LogP contribution in [0.15, 0.2) is 12.1 Å². The Balaban J connectivity index is 2.00. The summed E-state index contributed by atoms with van der Waals surface area (Å²) >= 11 is 0. The van der Waals surface area contributed by atoms with E-state index in [1.165, 1.54) is 6.42 Å². The highest BCUT2D eigenvalue weighted by Gasteiger charge is 2.26. The van der Waals surface area contributed by atoms with Crippen LogP contribution in [0.5, 0.6) is 5.75 Å².